The first-order valence-electron chi connectivity index (χ1n) is 10.00. The summed E-state index contributed by atoms with van der Waals surface area (Å²) in [5, 5.41) is 0. The Balaban J connectivity index is 2.02. The first kappa shape index (κ1) is 23.0. The fraction of sp³-hybridized carbons (Fsp3) is 0.700. The van der Waals surface area contributed by atoms with Crippen molar-refractivity contribution in [2.24, 2.45) is 0 Å². The molecule has 0 saturated carbocycles. The second kappa shape index (κ2) is 14.1. The lowest BCUT2D eigenvalue weighted by molar-refractivity contribution is 0.263. The van der Waals surface area contributed by atoms with Gasteiger partial charge in [0, 0.05) is 0 Å². The summed E-state index contributed by atoms with van der Waals surface area (Å²) < 4.78 is 21.2. The van der Waals surface area contributed by atoms with Crippen LogP contribution in [-0.2, 0) is 4.57 Å². The molecule has 0 spiro atoms. The van der Waals surface area contributed by atoms with Crippen molar-refractivity contribution in [3.63, 3.8) is 0 Å². The number of unbranched alkanes of at least 4 members (excludes halogenated alkanes) is 11. The van der Waals surface area contributed by atoms with Gasteiger partial charge >= 0.3 is 7.82 Å². The van der Waals surface area contributed by atoms with Crippen molar-refractivity contribution in [3.05, 3.63) is 24.3 Å². The minimum Gasteiger partial charge on any atom is -0.490 e. The zero-order chi connectivity index (χ0) is 19.1. The molecule has 26 heavy (non-hydrogen) atoms. The van der Waals surface area contributed by atoms with Gasteiger partial charge in [0.15, 0.2) is 11.5 Å². The topological polar surface area (TPSA) is 76.0 Å². The fourth-order valence-electron chi connectivity index (χ4n) is 2.90. The molecule has 0 heterocycles. The monoisotopic (exact) mass is 386 g/mol. The van der Waals surface area contributed by atoms with Crippen molar-refractivity contribution in [2.45, 2.75) is 84.0 Å². The van der Waals surface area contributed by atoms with Crippen LogP contribution in [0.2, 0.25) is 0 Å². The molecular formula is C20H35O5P. The normalized spacial score (nSPS) is 11.5. The summed E-state index contributed by atoms with van der Waals surface area (Å²) in [6.45, 7) is 2.78. The first-order valence-corrected chi connectivity index (χ1v) is 11.5. The van der Waals surface area contributed by atoms with Crippen LogP contribution in [0.1, 0.15) is 84.0 Å². The van der Waals surface area contributed by atoms with Crippen molar-refractivity contribution in [1.82, 2.24) is 0 Å². The van der Waals surface area contributed by atoms with Gasteiger partial charge in [0.25, 0.3) is 0 Å². The second-order valence-electron chi connectivity index (χ2n) is 6.77. The first-order chi connectivity index (χ1) is 12.5. The summed E-state index contributed by atoms with van der Waals surface area (Å²) >= 11 is 0. The van der Waals surface area contributed by atoms with Crippen LogP contribution in [0.15, 0.2) is 24.3 Å². The van der Waals surface area contributed by atoms with E-state index >= 15 is 0 Å². The smallest absolute Gasteiger partial charge is 0.490 e. The van der Waals surface area contributed by atoms with E-state index in [2.05, 4.69) is 11.4 Å². The van der Waals surface area contributed by atoms with E-state index in [1.807, 2.05) is 0 Å². The number of hydrogen-bond donors (Lipinski definition) is 2. The molecule has 0 bridgehead atoms. The van der Waals surface area contributed by atoms with Crippen LogP contribution in [0.5, 0.6) is 11.5 Å². The molecule has 0 saturated heterocycles. The molecule has 5 nitrogen and oxygen atoms in total. The summed E-state index contributed by atoms with van der Waals surface area (Å²) in [6, 6.07) is 6.56. The van der Waals surface area contributed by atoms with Gasteiger partial charge in [-0.1, -0.05) is 89.7 Å². The maximum absolute atomic E-state index is 11.0. The van der Waals surface area contributed by atoms with E-state index in [1.165, 1.54) is 70.3 Å². The number of hydrogen-bond acceptors (Lipinski definition) is 3. The van der Waals surface area contributed by atoms with Crippen LogP contribution >= 0.6 is 7.82 Å². The van der Waals surface area contributed by atoms with Crippen LogP contribution in [-0.4, -0.2) is 16.4 Å². The Kier molecular flexibility index (Phi) is 12.5. The molecule has 2 N–H and O–H groups in total. The Bertz CT molecular complexity index is 515. The Morgan fingerprint density at radius 3 is 1.73 bits per heavy atom. The van der Waals surface area contributed by atoms with E-state index in [9.17, 15) is 4.57 Å². The van der Waals surface area contributed by atoms with Crippen LogP contribution in [0.3, 0.4) is 0 Å². The minimum absolute atomic E-state index is 0.0831. The van der Waals surface area contributed by atoms with Gasteiger partial charge in [-0.3, -0.25) is 9.79 Å². The molecule has 0 aliphatic rings. The standard InChI is InChI=1S/C20H35O5P/c1-2-3-4-5-6-7-8-9-10-11-12-15-18-24-19-16-13-14-17-20(19)25-26(21,22)23/h13-14,16-17H,2-12,15,18H2,1H3,(H2,21,22,23). The van der Waals surface area contributed by atoms with Gasteiger partial charge in [-0.05, 0) is 18.6 Å². The Labute approximate surface area is 158 Å². The predicted octanol–water partition coefficient (Wildman–Crippen LogP) is 6.24. The molecule has 1 aromatic carbocycles. The summed E-state index contributed by atoms with van der Waals surface area (Å²) in [6.07, 6.45) is 15.4. The van der Waals surface area contributed by atoms with Crippen LogP contribution < -0.4 is 9.26 Å². The fourth-order valence-corrected chi connectivity index (χ4v) is 3.31. The third-order valence-corrected chi connectivity index (χ3v) is 4.76. The van der Waals surface area contributed by atoms with Gasteiger partial charge in [-0.2, -0.15) is 0 Å². The third-order valence-electron chi connectivity index (χ3n) is 4.32. The molecule has 0 unspecified atom stereocenters. The lowest BCUT2D eigenvalue weighted by Gasteiger charge is -2.12. The van der Waals surface area contributed by atoms with Gasteiger partial charge in [0.1, 0.15) is 0 Å². The molecule has 150 valence electrons. The highest BCUT2D eigenvalue weighted by molar-refractivity contribution is 7.46. The Hall–Kier alpha value is -1.03. The molecule has 0 aliphatic heterocycles. The summed E-state index contributed by atoms with van der Waals surface area (Å²) in [5.41, 5.74) is 0. The molecule has 0 radical (unpaired) electrons. The molecule has 1 rings (SSSR count). The molecule has 0 aliphatic carbocycles. The molecule has 0 atom stereocenters. The van der Waals surface area contributed by atoms with E-state index in [-0.39, 0.29) is 5.75 Å². The predicted molar refractivity (Wildman–Crippen MR) is 106 cm³/mol. The number of ether oxygens (including phenoxy) is 1. The summed E-state index contributed by atoms with van der Waals surface area (Å²) in [7, 11) is -4.57. The summed E-state index contributed by atoms with van der Waals surface area (Å²) in [4.78, 5) is 17.8. The largest absolute Gasteiger partial charge is 0.524 e. The van der Waals surface area contributed by atoms with E-state index in [0.717, 1.165) is 12.8 Å². The molecule has 0 amide bonds. The van der Waals surface area contributed by atoms with Crippen LogP contribution in [0.25, 0.3) is 0 Å². The van der Waals surface area contributed by atoms with Crippen LogP contribution in [0.4, 0.5) is 0 Å². The number of rotatable bonds is 16. The lowest BCUT2D eigenvalue weighted by Crippen LogP contribution is -2.00. The zero-order valence-electron chi connectivity index (χ0n) is 16.1. The van der Waals surface area contributed by atoms with E-state index in [1.54, 1.807) is 18.2 Å². The second-order valence-corrected chi connectivity index (χ2v) is 7.93. The molecule has 0 fully saturated rings. The average Bonchev–Trinajstić information content (AvgIpc) is 2.59. The Morgan fingerprint density at radius 1 is 0.769 bits per heavy atom. The molecular weight excluding hydrogens is 351 g/mol. The van der Waals surface area contributed by atoms with Crippen molar-refractivity contribution in [1.29, 1.82) is 0 Å². The minimum atomic E-state index is -4.57. The maximum atomic E-state index is 11.0. The van der Waals surface area contributed by atoms with E-state index in [4.69, 9.17) is 14.5 Å². The van der Waals surface area contributed by atoms with Crippen molar-refractivity contribution in [2.75, 3.05) is 6.61 Å². The number of benzene rings is 1. The lowest BCUT2D eigenvalue weighted by atomic mass is 10.1. The third kappa shape index (κ3) is 12.3. The number of para-hydroxylation sites is 2. The van der Waals surface area contributed by atoms with Crippen LogP contribution in [0, 0.1) is 0 Å². The highest BCUT2D eigenvalue weighted by Crippen LogP contribution is 2.41. The van der Waals surface area contributed by atoms with Gasteiger partial charge in [0.05, 0.1) is 6.61 Å². The number of phosphoric acid groups is 1. The highest BCUT2D eigenvalue weighted by atomic mass is 31.2. The van der Waals surface area contributed by atoms with Crippen molar-refractivity contribution < 1.29 is 23.6 Å². The molecule has 6 heteroatoms. The van der Waals surface area contributed by atoms with Crippen molar-refractivity contribution >= 4 is 7.82 Å². The highest BCUT2D eigenvalue weighted by Gasteiger charge is 2.18. The summed E-state index contributed by atoms with van der Waals surface area (Å²) in [5.74, 6) is 0.457. The van der Waals surface area contributed by atoms with Gasteiger partial charge in [-0.15, -0.1) is 0 Å². The number of phosphoric ester groups is 1. The SMILES string of the molecule is CCCCCCCCCCCCCCOc1ccccc1OP(=O)(O)O. The maximum Gasteiger partial charge on any atom is 0.524 e. The average molecular weight is 386 g/mol. The van der Waals surface area contributed by atoms with Crippen molar-refractivity contribution in [3.8, 4) is 11.5 Å². The van der Waals surface area contributed by atoms with Gasteiger partial charge in [0.2, 0.25) is 0 Å². The van der Waals surface area contributed by atoms with E-state index in [0.29, 0.717) is 12.4 Å². The Morgan fingerprint density at radius 2 is 1.23 bits per heavy atom. The quantitative estimate of drug-likeness (QED) is 0.260. The van der Waals surface area contributed by atoms with Gasteiger partial charge in [-0.25, -0.2) is 4.57 Å². The molecule has 0 aromatic heterocycles. The van der Waals surface area contributed by atoms with Gasteiger partial charge < -0.3 is 9.26 Å². The zero-order valence-corrected chi connectivity index (χ0v) is 17.0. The van der Waals surface area contributed by atoms with E-state index < -0.39 is 7.82 Å². The molecule has 1 aromatic rings.